The minimum atomic E-state index is -4.96. The first-order valence-electron chi connectivity index (χ1n) is 6.97. The number of hydrogen-bond acceptors (Lipinski definition) is 4. The van der Waals surface area contributed by atoms with Gasteiger partial charge in [0.05, 0.1) is 11.3 Å². The summed E-state index contributed by atoms with van der Waals surface area (Å²) >= 11 is 1.07. The summed E-state index contributed by atoms with van der Waals surface area (Å²) < 4.78 is 84.1. The molecule has 0 atom stereocenters. The van der Waals surface area contributed by atoms with E-state index in [1.807, 2.05) is 0 Å². The highest BCUT2D eigenvalue weighted by molar-refractivity contribution is 8.13. The average molecular weight is 405 g/mol. The highest BCUT2D eigenvalue weighted by atomic mass is 32.2. The number of aliphatic imine (C=N–C) groups is 1. The summed E-state index contributed by atoms with van der Waals surface area (Å²) in [6.45, 7) is 0. The van der Waals surface area contributed by atoms with Gasteiger partial charge in [0, 0.05) is 6.07 Å². The van der Waals surface area contributed by atoms with E-state index in [4.69, 9.17) is 10.00 Å². The number of ether oxygens (including phenoxy) is 1. The zero-order valence-corrected chi connectivity index (χ0v) is 14.2. The van der Waals surface area contributed by atoms with Gasteiger partial charge < -0.3 is 4.74 Å². The Labute approximate surface area is 153 Å². The van der Waals surface area contributed by atoms with E-state index in [0.717, 1.165) is 23.9 Å². The Bertz CT molecular complexity index is 900. The van der Waals surface area contributed by atoms with Crippen LogP contribution in [0, 0.1) is 28.9 Å². The van der Waals surface area contributed by atoms with Crippen molar-refractivity contribution in [3.05, 3.63) is 53.3 Å². The van der Waals surface area contributed by atoms with Crippen LogP contribution in [0.25, 0.3) is 0 Å². The number of alkyl halides is 3. The highest BCUT2D eigenvalue weighted by Gasteiger charge is 2.33. The Morgan fingerprint density at radius 1 is 1.11 bits per heavy atom. The van der Waals surface area contributed by atoms with Crippen molar-refractivity contribution in [2.75, 3.05) is 6.26 Å². The van der Waals surface area contributed by atoms with Crippen molar-refractivity contribution >= 4 is 22.6 Å². The van der Waals surface area contributed by atoms with Crippen LogP contribution in [0.1, 0.15) is 5.56 Å². The first-order chi connectivity index (χ1) is 12.7. The second-order valence-electron chi connectivity index (χ2n) is 4.84. The molecular formula is C16H9F6N3OS. The molecule has 0 saturated carbocycles. The summed E-state index contributed by atoms with van der Waals surface area (Å²) in [4.78, 5) is 3.96. The van der Waals surface area contributed by atoms with Crippen LogP contribution in [-0.2, 0) is 6.18 Å². The van der Waals surface area contributed by atoms with Gasteiger partial charge in [-0.25, -0.2) is 18.2 Å². The number of thioether (sulfide) groups is 1. The molecule has 0 radical (unpaired) electrons. The second kappa shape index (κ2) is 8.22. The van der Waals surface area contributed by atoms with Gasteiger partial charge >= 0.3 is 6.18 Å². The molecule has 0 aromatic heterocycles. The van der Waals surface area contributed by atoms with Crippen LogP contribution >= 0.6 is 11.8 Å². The standard InChI is InChI=1S/C16H9F6N3OS/c1-27-15(24-7-23)25-9-2-3-10(17)13(6-9)26-14-11(18)4-8(5-12(14)19)16(20,21)22/h2-6H,1H3,(H,24,25). The molecule has 0 aliphatic heterocycles. The molecule has 2 rings (SSSR count). The van der Waals surface area contributed by atoms with Crippen LogP contribution < -0.4 is 10.1 Å². The predicted octanol–water partition coefficient (Wildman–Crippen LogP) is 5.34. The zero-order chi connectivity index (χ0) is 20.2. The van der Waals surface area contributed by atoms with Gasteiger partial charge in [-0.05, 0) is 30.5 Å². The smallest absolute Gasteiger partial charge is 0.416 e. The Hall–Kier alpha value is -2.87. The molecule has 0 saturated heterocycles. The van der Waals surface area contributed by atoms with Crippen LogP contribution in [0.4, 0.5) is 32.0 Å². The molecule has 0 heterocycles. The number of halogens is 6. The molecule has 0 spiro atoms. The van der Waals surface area contributed by atoms with Crippen molar-refractivity contribution in [2.45, 2.75) is 6.18 Å². The molecular weight excluding hydrogens is 396 g/mol. The van der Waals surface area contributed by atoms with E-state index < -0.39 is 40.7 Å². The minimum Gasteiger partial charge on any atom is -0.448 e. The van der Waals surface area contributed by atoms with E-state index in [9.17, 15) is 26.3 Å². The molecule has 27 heavy (non-hydrogen) atoms. The molecule has 0 aliphatic rings. The zero-order valence-electron chi connectivity index (χ0n) is 13.4. The maximum absolute atomic E-state index is 13.9. The lowest BCUT2D eigenvalue weighted by molar-refractivity contribution is -0.138. The van der Waals surface area contributed by atoms with Crippen molar-refractivity contribution in [2.24, 2.45) is 4.99 Å². The van der Waals surface area contributed by atoms with Crippen LogP contribution in [0.15, 0.2) is 35.3 Å². The lowest BCUT2D eigenvalue weighted by atomic mass is 10.2. The number of rotatable bonds is 3. The lowest BCUT2D eigenvalue weighted by Crippen LogP contribution is -2.12. The summed E-state index contributed by atoms with van der Waals surface area (Å²) in [5, 5.41) is 11.0. The van der Waals surface area contributed by atoms with E-state index in [1.165, 1.54) is 6.07 Å². The van der Waals surface area contributed by atoms with Gasteiger partial charge in [0.1, 0.15) is 0 Å². The van der Waals surface area contributed by atoms with Crippen molar-refractivity contribution in [1.29, 1.82) is 5.26 Å². The van der Waals surface area contributed by atoms with Gasteiger partial charge in [0.25, 0.3) is 0 Å². The number of hydrogen-bond donors (Lipinski definition) is 1. The molecule has 1 N–H and O–H groups in total. The summed E-state index contributed by atoms with van der Waals surface area (Å²) in [7, 11) is 0. The van der Waals surface area contributed by atoms with Gasteiger partial charge in [-0.2, -0.15) is 18.4 Å². The third kappa shape index (κ3) is 5.07. The second-order valence-corrected chi connectivity index (χ2v) is 5.64. The summed E-state index contributed by atoms with van der Waals surface area (Å²) in [5.41, 5.74) is -1.47. The van der Waals surface area contributed by atoms with Gasteiger partial charge in [-0.15, -0.1) is 0 Å². The molecule has 0 unspecified atom stereocenters. The van der Waals surface area contributed by atoms with Crippen LogP contribution in [0.5, 0.6) is 11.5 Å². The number of benzene rings is 2. The van der Waals surface area contributed by atoms with E-state index in [1.54, 1.807) is 12.4 Å². The van der Waals surface area contributed by atoms with Crippen LogP contribution in [-0.4, -0.2) is 11.4 Å². The monoisotopic (exact) mass is 405 g/mol. The first kappa shape index (κ1) is 20.4. The highest BCUT2D eigenvalue weighted by Crippen LogP contribution is 2.36. The molecule has 11 heteroatoms. The van der Waals surface area contributed by atoms with Crippen molar-refractivity contribution in [3.8, 4) is 17.7 Å². The first-order valence-corrected chi connectivity index (χ1v) is 8.19. The van der Waals surface area contributed by atoms with Crippen molar-refractivity contribution in [3.63, 3.8) is 0 Å². The fourth-order valence-corrected chi connectivity index (χ4v) is 2.20. The Balaban J connectivity index is 2.41. The van der Waals surface area contributed by atoms with Crippen LogP contribution in [0.3, 0.4) is 0 Å². The largest absolute Gasteiger partial charge is 0.448 e. The topological polar surface area (TPSA) is 57.4 Å². The molecule has 4 nitrogen and oxygen atoms in total. The SMILES string of the molecule is CSC(=Nc1ccc(F)c(Oc2c(F)cc(C(F)(F)F)cc2F)c1)NC#N. The van der Waals surface area contributed by atoms with Crippen LogP contribution in [0.2, 0.25) is 0 Å². The van der Waals surface area contributed by atoms with Gasteiger partial charge in [-0.1, -0.05) is 11.8 Å². The maximum atomic E-state index is 13.9. The van der Waals surface area contributed by atoms with E-state index in [2.05, 4.69) is 10.3 Å². The molecule has 0 aliphatic carbocycles. The summed E-state index contributed by atoms with van der Waals surface area (Å²) in [6, 6.07) is 3.15. The predicted molar refractivity (Wildman–Crippen MR) is 87.2 cm³/mol. The molecule has 2 aromatic rings. The summed E-state index contributed by atoms with van der Waals surface area (Å²) in [5.74, 6) is -6.17. The normalized spacial score (nSPS) is 11.9. The average Bonchev–Trinajstić information content (AvgIpc) is 2.59. The van der Waals surface area contributed by atoms with E-state index in [0.29, 0.717) is 0 Å². The molecule has 2 aromatic carbocycles. The Morgan fingerprint density at radius 2 is 1.74 bits per heavy atom. The number of nitrogens with zero attached hydrogens (tertiary/aromatic N) is 2. The van der Waals surface area contributed by atoms with Crippen molar-refractivity contribution < 1.29 is 31.1 Å². The number of amidine groups is 1. The molecule has 142 valence electrons. The Morgan fingerprint density at radius 3 is 2.26 bits per heavy atom. The van der Waals surface area contributed by atoms with Crippen molar-refractivity contribution in [1.82, 2.24) is 5.32 Å². The molecule has 0 bridgehead atoms. The fraction of sp³-hybridized carbons (Fsp3) is 0.125. The summed E-state index contributed by atoms with van der Waals surface area (Å²) in [6.07, 6.45) is -1.71. The molecule has 0 amide bonds. The Kier molecular flexibility index (Phi) is 6.22. The van der Waals surface area contributed by atoms with E-state index >= 15 is 0 Å². The number of nitriles is 1. The molecule has 0 fully saturated rings. The maximum Gasteiger partial charge on any atom is 0.416 e. The van der Waals surface area contributed by atoms with E-state index in [-0.39, 0.29) is 23.0 Å². The quantitative estimate of drug-likeness (QED) is 0.246. The van der Waals surface area contributed by atoms with Gasteiger partial charge in [0.2, 0.25) is 0 Å². The third-order valence-electron chi connectivity index (χ3n) is 3.04. The van der Waals surface area contributed by atoms with Gasteiger partial charge in [-0.3, -0.25) is 5.32 Å². The minimum absolute atomic E-state index is 0.0426. The lowest BCUT2D eigenvalue weighted by Gasteiger charge is -2.12. The number of nitrogens with one attached hydrogen (secondary N) is 1. The van der Waals surface area contributed by atoms with Gasteiger partial charge in [0.15, 0.2) is 40.3 Å². The third-order valence-corrected chi connectivity index (χ3v) is 3.62. The fourth-order valence-electron chi connectivity index (χ4n) is 1.86.